The largest absolute Gasteiger partial charge is 0.493 e. The van der Waals surface area contributed by atoms with Gasteiger partial charge in [0.25, 0.3) is 0 Å². The summed E-state index contributed by atoms with van der Waals surface area (Å²) in [7, 11) is 0. The standard InChI is InChI=1S/C21H19F2NO3/c1-12(19-9-13-8-16(23)4-7-18(13)27-19)21(20(24)25)10-14(21)11-26-17-5-2-15(22)3-6-17/h2-9,12,14H,10-11H2,1H3,(H2,24,25)/t12-,14?,21?/m0/s1. The normalized spacial score (nSPS) is 22.6. The van der Waals surface area contributed by atoms with Crippen molar-refractivity contribution in [3.63, 3.8) is 0 Å². The van der Waals surface area contributed by atoms with Gasteiger partial charge in [0.15, 0.2) is 0 Å². The molecule has 1 fully saturated rings. The van der Waals surface area contributed by atoms with E-state index in [4.69, 9.17) is 14.9 Å². The zero-order valence-corrected chi connectivity index (χ0v) is 14.7. The lowest BCUT2D eigenvalue weighted by atomic mass is 9.85. The number of carbonyl (C=O) groups excluding carboxylic acids is 1. The van der Waals surface area contributed by atoms with Crippen molar-refractivity contribution in [3.8, 4) is 5.75 Å². The summed E-state index contributed by atoms with van der Waals surface area (Å²) in [4.78, 5) is 12.2. The van der Waals surface area contributed by atoms with E-state index >= 15 is 0 Å². The van der Waals surface area contributed by atoms with E-state index in [1.807, 2.05) is 6.92 Å². The molecule has 0 bridgehead atoms. The molecule has 2 unspecified atom stereocenters. The molecular weight excluding hydrogens is 352 g/mol. The summed E-state index contributed by atoms with van der Waals surface area (Å²) in [5, 5.41) is 0.649. The summed E-state index contributed by atoms with van der Waals surface area (Å²) in [5.74, 6) is -0.298. The van der Waals surface area contributed by atoms with Crippen LogP contribution in [0.4, 0.5) is 8.78 Å². The maximum atomic E-state index is 13.4. The third-order valence-electron chi connectivity index (χ3n) is 5.57. The molecule has 27 heavy (non-hydrogen) atoms. The number of nitrogens with two attached hydrogens (primary N) is 1. The Labute approximate surface area is 154 Å². The SMILES string of the molecule is C[C@@H](c1cc2cc(F)ccc2o1)C1(C(N)=O)CC1COc1ccc(F)cc1. The number of carbonyl (C=O) groups is 1. The lowest BCUT2D eigenvalue weighted by Crippen LogP contribution is -2.32. The van der Waals surface area contributed by atoms with Crippen molar-refractivity contribution < 1.29 is 22.7 Å². The van der Waals surface area contributed by atoms with Crippen molar-refractivity contribution >= 4 is 16.9 Å². The number of hydrogen-bond donors (Lipinski definition) is 1. The molecule has 1 aliphatic carbocycles. The average molecular weight is 371 g/mol. The molecule has 1 amide bonds. The Morgan fingerprint density at radius 3 is 2.63 bits per heavy atom. The van der Waals surface area contributed by atoms with Gasteiger partial charge in [-0.25, -0.2) is 8.78 Å². The highest BCUT2D eigenvalue weighted by molar-refractivity contribution is 5.86. The minimum atomic E-state index is -0.771. The molecule has 0 radical (unpaired) electrons. The third kappa shape index (κ3) is 3.05. The van der Waals surface area contributed by atoms with Gasteiger partial charge in [-0.3, -0.25) is 4.79 Å². The minimum Gasteiger partial charge on any atom is -0.493 e. The highest BCUT2D eigenvalue weighted by Gasteiger charge is 2.63. The number of rotatable bonds is 6. The van der Waals surface area contributed by atoms with Crippen LogP contribution in [0, 0.1) is 23.0 Å². The fraction of sp³-hybridized carbons (Fsp3) is 0.286. The van der Waals surface area contributed by atoms with Crippen molar-refractivity contribution in [1.82, 2.24) is 0 Å². The molecule has 3 aromatic rings. The molecule has 2 N–H and O–H groups in total. The molecule has 140 valence electrons. The van der Waals surface area contributed by atoms with E-state index in [1.54, 1.807) is 24.3 Å². The molecule has 0 aliphatic heterocycles. The second kappa shape index (κ2) is 6.37. The predicted molar refractivity (Wildman–Crippen MR) is 96.2 cm³/mol. The van der Waals surface area contributed by atoms with E-state index in [-0.39, 0.29) is 23.5 Å². The molecular formula is C21H19F2NO3. The number of fused-ring (bicyclic) bond motifs is 1. The van der Waals surface area contributed by atoms with E-state index in [9.17, 15) is 13.6 Å². The molecule has 6 heteroatoms. The van der Waals surface area contributed by atoms with Gasteiger partial charge in [-0.05, 0) is 55.0 Å². The molecule has 1 saturated carbocycles. The monoisotopic (exact) mass is 371 g/mol. The number of ether oxygens (including phenoxy) is 1. The van der Waals surface area contributed by atoms with Crippen LogP contribution < -0.4 is 10.5 Å². The first-order valence-electron chi connectivity index (χ1n) is 8.77. The summed E-state index contributed by atoms with van der Waals surface area (Å²) in [5.41, 5.74) is 5.52. The lowest BCUT2D eigenvalue weighted by Gasteiger charge is -2.20. The number of benzene rings is 2. The van der Waals surface area contributed by atoms with Gasteiger partial charge in [-0.2, -0.15) is 0 Å². The first-order chi connectivity index (χ1) is 12.9. The van der Waals surface area contributed by atoms with Crippen molar-refractivity contribution in [2.75, 3.05) is 6.61 Å². The number of amides is 1. The number of primary amides is 1. The van der Waals surface area contributed by atoms with Crippen LogP contribution >= 0.6 is 0 Å². The number of hydrogen-bond acceptors (Lipinski definition) is 3. The highest BCUT2D eigenvalue weighted by Crippen LogP contribution is 2.61. The molecule has 0 saturated heterocycles. The Kier molecular flexibility index (Phi) is 4.13. The van der Waals surface area contributed by atoms with Gasteiger partial charge in [-0.15, -0.1) is 0 Å². The van der Waals surface area contributed by atoms with Crippen LogP contribution in [0.3, 0.4) is 0 Å². The second-order valence-corrected chi connectivity index (χ2v) is 7.12. The van der Waals surface area contributed by atoms with Gasteiger partial charge in [0.05, 0.1) is 12.0 Å². The van der Waals surface area contributed by atoms with Gasteiger partial charge in [0.1, 0.15) is 28.7 Å². The summed E-state index contributed by atoms with van der Waals surface area (Å²) in [6.07, 6.45) is 0.579. The molecule has 2 aromatic carbocycles. The highest BCUT2D eigenvalue weighted by atomic mass is 19.1. The fourth-order valence-electron chi connectivity index (χ4n) is 3.83. The van der Waals surface area contributed by atoms with Gasteiger partial charge in [0, 0.05) is 17.2 Å². The quantitative estimate of drug-likeness (QED) is 0.699. The molecule has 1 heterocycles. The summed E-state index contributed by atoms with van der Waals surface area (Å²) >= 11 is 0. The zero-order chi connectivity index (χ0) is 19.2. The van der Waals surface area contributed by atoms with E-state index in [2.05, 4.69) is 0 Å². The van der Waals surface area contributed by atoms with E-state index in [1.165, 1.54) is 24.3 Å². The zero-order valence-electron chi connectivity index (χ0n) is 14.7. The van der Waals surface area contributed by atoms with Crippen LogP contribution in [-0.2, 0) is 4.79 Å². The summed E-state index contributed by atoms with van der Waals surface area (Å²) in [6, 6.07) is 11.8. The Bertz CT molecular complexity index is 998. The molecule has 3 atom stereocenters. The van der Waals surface area contributed by atoms with Crippen LogP contribution in [-0.4, -0.2) is 12.5 Å². The first-order valence-corrected chi connectivity index (χ1v) is 8.77. The molecule has 1 aromatic heterocycles. The Hall–Kier alpha value is -2.89. The maximum absolute atomic E-state index is 13.4. The fourth-order valence-corrected chi connectivity index (χ4v) is 3.83. The van der Waals surface area contributed by atoms with Gasteiger partial charge >= 0.3 is 0 Å². The van der Waals surface area contributed by atoms with Crippen LogP contribution in [0.25, 0.3) is 11.0 Å². The lowest BCUT2D eigenvalue weighted by molar-refractivity contribution is -0.124. The maximum Gasteiger partial charge on any atom is 0.224 e. The number of halogens is 2. The van der Waals surface area contributed by atoms with Crippen molar-refractivity contribution in [3.05, 3.63) is 65.9 Å². The molecule has 4 rings (SSSR count). The van der Waals surface area contributed by atoms with Crippen molar-refractivity contribution in [2.45, 2.75) is 19.3 Å². The third-order valence-corrected chi connectivity index (χ3v) is 5.57. The molecule has 0 spiro atoms. The smallest absolute Gasteiger partial charge is 0.224 e. The van der Waals surface area contributed by atoms with E-state index < -0.39 is 11.3 Å². The molecule has 1 aliphatic rings. The summed E-state index contributed by atoms with van der Waals surface area (Å²) < 4.78 is 37.9. The van der Waals surface area contributed by atoms with Crippen LogP contribution in [0.1, 0.15) is 25.0 Å². The average Bonchev–Trinajstić information content (AvgIpc) is 3.24. The minimum absolute atomic E-state index is 0.0694. The van der Waals surface area contributed by atoms with Gasteiger partial charge in [0.2, 0.25) is 5.91 Å². The first kappa shape index (κ1) is 17.5. The topological polar surface area (TPSA) is 65.5 Å². The molecule has 4 nitrogen and oxygen atoms in total. The van der Waals surface area contributed by atoms with E-state index in [0.717, 1.165) is 0 Å². The second-order valence-electron chi connectivity index (χ2n) is 7.12. The van der Waals surface area contributed by atoms with Crippen molar-refractivity contribution in [1.29, 1.82) is 0 Å². The number of furan rings is 1. The Morgan fingerprint density at radius 2 is 1.93 bits per heavy atom. The Morgan fingerprint density at radius 1 is 1.22 bits per heavy atom. The van der Waals surface area contributed by atoms with Crippen molar-refractivity contribution in [2.24, 2.45) is 17.1 Å². The van der Waals surface area contributed by atoms with Gasteiger partial charge < -0.3 is 14.9 Å². The van der Waals surface area contributed by atoms with Crippen LogP contribution in [0.15, 0.2) is 52.9 Å². The van der Waals surface area contributed by atoms with Crippen LogP contribution in [0.2, 0.25) is 0 Å². The van der Waals surface area contributed by atoms with E-state index in [0.29, 0.717) is 35.5 Å². The Balaban J connectivity index is 1.53. The van der Waals surface area contributed by atoms with Gasteiger partial charge in [-0.1, -0.05) is 6.92 Å². The van der Waals surface area contributed by atoms with Crippen LogP contribution in [0.5, 0.6) is 5.75 Å². The predicted octanol–water partition coefficient (Wildman–Crippen LogP) is 4.39. The summed E-state index contributed by atoms with van der Waals surface area (Å²) in [6.45, 7) is 2.19.